The van der Waals surface area contributed by atoms with E-state index in [1.807, 2.05) is 22.8 Å². The lowest BCUT2D eigenvalue weighted by atomic mass is 10.2. The number of carbonyl (C=O) groups is 1. The van der Waals surface area contributed by atoms with E-state index in [0.717, 1.165) is 16.9 Å². The summed E-state index contributed by atoms with van der Waals surface area (Å²) in [6.07, 6.45) is 4.93. The van der Waals surface area contributed by atoms with Crippen LogP contribution in [0.1, 0.15) is 11.3 Å². The molecule has 10 nitrogen and oxygen atoms in total. The number of nitrogens with zero attached hydrogens (tertiary/aromatic N) is 5. The summed E-state index contributed by atoms with van der Waals surface area (Å²) >= 11 is 1.21. The molecule has 0 saturated heterocycles. The Morgan fingerprint density at radius 1 is 1.22 bits per heavy atom. The molecule has 1 aromatic carbocycles. The first-order valence-electron chi connectivity index (χ1n) is 9.55. The van der Waals surface area contributed by atoms with Crippen LogP contribution >= 0.6 is 11.8 Å². The van der Waals surface area contributed by atoms with Gasteiger partial charge in [0.1, 0.15) is 5.76 Å². The number of nitro groups is 1. The molecule has 0 spiro atoms. The van der Waals surface area contributed by atoms with E-state index in [0.29, 0.717) is 23.2 Å². The van der Waals surface area contributed by atoms with Crippen molar-refractivity contribution in [3.05, 3.63) is 82.6 Å². The molecular formula is C21H18N6O4S. The van der Waals surface area contributed by atoms with E-state index in [4.69, 9.17) is 4.42 Å². The third-order valence-electron chi connectivity index (χ3n) is 4.59. The van der Waals surface area contributed by atoms with Crippen LogP contribution in [0.25, 0.3) is 11.4 Å². The van der Waals surface area contributed by atoms with E-state index in [1.165, 1.54) is 23.9 Å². The molecular weight excluding hydrogens is 432 g/mol. The number of anilines is 1. The van der Waals surface area contributed by atoms with Gasteiger partial charge in [-0.3, -0.25) is 24.5 Å². The Hall–Kier alpha value is -3.99. The Kier molecular flexibility index (Phi) is 6.26. The van der Waals surface area contributed by atoms with Crippen LogP contribution in [-0.4, -0.2) is 36.3 Å². The Morgan fingerprint density at radius 3 is 2.75 bits per heavy atom. The van der Waals surface area contributed by atoms with Gasteiger partial charge in [0.2, 0.25) is 5.91 Å². The second kappa shape index (κ2) is 9.43. The van der Waals surface area contributed by atoms with E-state index in [9.17, 15) is 14.9 Å². The minimum absolute atomic E-state index is 0.0504. The van der Waals surface area contributed by atoms with Crippen LogP contribution in [-0.2, 0) is 11.3 Å². The van der Waals surface area contributed by atoms with Gasteiger partial charge >= 0.3 is 0 Å². The summed E-state index contributed by atoms with van der Waals surface area (Å²) < 4.78 is 7.33. The number of hydrogen-bond acceptors (Lipinski definition) is 8. The maximum Gasteiger partial charge on any atom is 0.271 e. The van der Waals surface area contributed by atoms with Crippen molar-refractivity contribution in [2.45, 2.75) is 18.6 Å². The summed E-state index contributed by atoms with van der Waals surface area (Å²) in [5.74, 6) is 1.09. The Bertz CT molecular complexity index is 1240. The quantitative estimate of drug-likeness (QED) is 0.243. The van der Waals surface area contributed by atoms with Gasteiger partial charge in [0.15, 0.2) is 11.0 Å². The molecule has 0 aliphatic rings. The van der Waals surface area contributed by atoms with Gasteiger partial charge in [0.25, 0.3) is 5.69 Å². The van der Waals surface area contributed by atoms with Crippen molar-refractivity contribution in [3.8, 4) is 11.4 Å². The number of nitro benzene ring substituents is 1. The number of furan rings is 1. The number of benzene rings is 1. The first-order valence-corrected chi connectivity index (χ1v) is 10.5. The molecule has 0 bridgehead atoms. The van der Waals surface area contributed by atoms with Gasteiger partial charge in [-0.1, -0.05) is 17.8 Å². The maximum atomic E-state index is 12.5. The lowest BCUT2D eigenvalue weighted by Gasteiger charge is -2.10. The summed E-state index contributed by atoms with van der Waals surface area (Å²) in [4.78, 5) is 27.1. The van der Waals surface area contributed by atoms with Crippen molar-refractivity contribution >= 4 is 29.0 Å². The minimum atomic E-state index is -0.498. The first kappa shape index (κ1) is 21.2. The highest BCUT2D eigenvalue weighted by Crippen LogP contribution is 2.26. The lowest BCUT2D eigenvalue weighted by molar-refractivity contribution is -0.384. The molecule has 0 atom stereocenters. The van der Waals surface area contributed by atoms with Crippen molar-refractivity contribution in [3.63, 3.8) is 0 Å². The van der Waals surface area contributed by atoms with E-state index in [2.05, 4.69) is 20.5 Å². The number of thioether (sulfide) groups is 1. The zero-order chi connectivity index (χ0) is 22.5. The van der Waals surface area contributed by atoms with Crippen LogP contribution in [0.15, 0.2) is 70.7 Å². The van der Waals surface area contributed by atoms with E-state index >= 15 is 0 Å². The monoisotopic (exact) mass is 450 g/mol. The van der Waals surface area contributed by atoms with E-state index < -0.39 is 4.92 Å². The molecule has 32 heavy (non-hydrogen) atoms. The van der Waals surface area contributed by atoms with Crippen molar-refractivity contribution in [1.82, 2.24) is 19.7 Å². The first-order chi connectivity index (χ1) is 15.5. The minimum Gasteiger partial charge on any atom is -0.467 e. The standard InChI is InChI=1S/C21H18N6O4S/c1-14-4-5-16(27(29)30)11-18(14)23-19(28)13-32-21-25-24-20(15-6-8-22-9-7-15)26(21)12-17-3-2-10-31-17/h2-11H,12-13H2,1H3,(H,23,28). The number of carbonyl (C=O) groups excluding carboxylic acids is 1. The van der Waals surface area contributed by atoms with Crippen molar-refractivity contribution < 1.29 is 14.1 Å². The average Bonchev–Trinajstić information content (AvgIpc) is 3.45. The maximum absolute atomic E-state index is 12.5. The van der Waals surface area contributed by atoms with Gasteiger partial charge in [-0.2, -0.15) is 0 Å². The van der Waals surface area contributed by atoms with Crippen molar-refractivity contribution in [1.29, 1.82) is 0 Å². The fourth-order valence-electron chi connectivity index (χ4n) is 2.99. The molecule has 1 N–H and O–H groups in total. The van der Waals surface area contributed by atoms with Crippen molar-refractivity contribution in [2.24, 2.45) is 0 Å². The topological polar surface area (TPSA) is 129 Å². The second-order valence-electron chi connectivity index (χ2n) is 6.80. The molecule has 0 unspecified atom stereocenters. The molecule has 11 heteroatoms. The number of aryl methyl sites for hydroxylation is 1. The lowest BCUT2D eigenvalue weighted by Crippen LogP contribution is -2.15. The van der Waals surface area contributed by atoms with Gasteiger partial charge in [-0.05, 0) is 36.8 Å². The smallest absolute Gasteiger partial charge is 0.271 e. The third-order valence-corrected chi connectivity index (χ3v) is 5.55. The summed E-state index contributed by atoms with van der Waals surface area (Å²) in [7, 11) is 0. The molecule has 1 amide bonds. The number of pyridine rings is 1. The summed E-state index contributed by atoms with van der Waals surface area (Å²) in [6, 6.07) is 11.7. The van der Waals surface area contributed by atoms with Crippen LogP contribution in [0.2, 0.25) is 0 Å². The molecule has 4 aromatic rings. The summed E-state index contributed by atoms with van der Waals surface area (Å²) in [6.45, 7) is 2.17. The summed E-state index contributed by atoms with van der Waals surface area (Å²) in [5.41, 5.74) is 1.88. The highest BCUT2D eigenvalue weighted by atomic mass is 32.2. The van der Waals surface area contributed by atoms with Crippen LogP contribution in [0.5, 0.6) is 0 Å². The Balaban J connectivity index is 1.52. The molecule has 0 fully saturated rings. The van der Waals surface area contributed by atoms with Gasteiger partial charge in [0, 0.05) is 30.1 Å². The molecule has 4 rings (SSSR count). The molecule has 0 aliphatic carbocycles. The highest BCUT2D eigenvalue weighted by molar-refractivity contribution is 7.99. The number of aromatic nitrogens is 4. The molecule has 3 heterocycles. The zero-order valence-electron chi connectivity index (χ0n) is 17.0. The Morgan fingerprint density at radius 2 is 2.03 bits per heavy atom. The van der Waals surface area contributed by atoms with Gasteiger partial charge in [-0.25, -0.2) is 0 Å². The number of non-ortho nitro benzene ring substituents is 1. The third kappa shape index (κ3) is 4.83. The SMILES string of the molecule is Cc1ccc([N+](=O)[O-])cc1NC(=O)CSc1nnc(-c2ccncc2)n1Cc1ccco1. The Labute approximate surface area is 186 Å². The normalized spacial score (nSPS) is 10.8. The molecule has 0 saturated carbocycles. The van der Waals surface area contributed by atoms with Crippen LogP contribution in [0, 0.1) is 17.0 Å². The van der Waals surface area contributed by atoms with E-state index in [-0.39, 0.29) is 17.3 Å². The van der Waals surface area contributed by atoms with Crippen molar-refractivity contribution in [2.75, 3.05) is 11.1 Å². The number of rotatable bonds is 8. The predicted octanol–water partition coefficient (Wildman–Crippen LogP) is 3.93. The zero-order valence-corrected chi connectivity index (χ0v) is 17.8. The number of amides is 1. The molecule has 3 aromatic heterocycles. The van der Waals surface area contributed by atoms with Gasteiger partial charge in [-0.15, -0.1) is 10.2 Å². The number of hydrogen-bond donors (Lipinski definition) is 1. The second-order valence-corrected chi connectivity index (χ2v) is 7.74. The van der Waals surface area contributed by atoms with Crippen LogP contribution in [0.4, 0.5) is 11.4 Å². The number of nitrogens with one attached hydrogen (secondary N) is 1. The van der Waals surface area contributed by atoms with Gasteiger partial charge in [0.05, 0.1) is 29.2 Å². The fraction of sp³-hybridized carbons (Fsp3) is 0.143. The highest BCUT2D eigenvalue weighted by Gasteiger charge is 2.18. The molecule has 0 aliphatic heterocycles. The fourth-order valence-corrected chi connectivity index (χ4v) is 3.72. The van der Waals surface area contributed by atoms with Gasteiger partial charge < -0.3 is 9.73 Å². The van der Waals surface area contributed by atoms with Crippen LogP contribution < -0.4 is 5.32 Å². The largest absolute Gasteiger partial charge is 0.467 e. The van der Waals surface area contributed by atoms with E-state index in [1.54, 1.807) is 37.7 Å². The van der Waals surface area contributed by atoms with Crippen LogP contribution in [0.3, 0.4) is 0 Å². The summed E-state index contributed by atoms with van der Waals surface area (Å²) in [5, 5.41) is 22.8. The molecule has 0 radical (unpaired) electrons. The average molecular weight is 450 g/mol. The molecule has 162 valence electrons. The predicted molar refractivity (Wildman–Crippen MR) is 118 cm³/mol.